The summed E-state index contributed by atoms with van der Waals surface area (Å²) in [7, 11) is 2.97. The first-order valence-corrected chi connectivity index (χ1v) is 10.5. The van der Waals surface area contributed by atoms with Crippen LogP contribution in [0.1, 0.15) is 12.5 Å². The minimum absolute atomic E-state index is 0.0524. The lowest BCUT2D eigenvalue weighted by molar-refractivity contribution is -0.131. The van der Waals surface area contributed by atoms with E-state index in [2.05, 4.69) is 5.32 Å². The van der Waals surface area contributed by atoms with Crippen molar-refractivity contribution in [3.8, 4) is 5.75 Å². The van der Waals surface area contributed by atoms with Crippen LogP contribution in [0, 0.1) is 11.6 Å². The number of likely N-dealkylation sites (N-methyl/N-ethyl adjacent to an activating group) is 1. The van der Waals surface area contributed by atoms with Crippen molar-refractivity contribution in [3.05, 3.63) is 47.5 Å². The molecule has 2 heterocycles. The molecule has 32 heavy (non-hydrogen) atoms. The molecular formula is C23H26F2N4O3. The maximum Gasteiger partial charge on any atom is 0.242 e. The molecule has 0 spiro atoms. The minimum atomic E-state index is -0.750. The van der Waals surface area contributed by atoms with Gasteiger partial charge in [0.25, 0.3) is 0 Å². The molecule has 1 N–H and O–H groups in total. The van der Waals surface area contributed by atoms with E-state index in [9.17, 15) is 18.4 Å². The second-order valence-electron chi connectivity index (χ2n) is 8.15. The normalized spacial score (nSPS) is 18.1. The molecule has 0 unspecified atom stereocenters. The number of piperazine rings is 1. The maximum absolute atomic E-state index is 14.1. The summed E-state index contributed by atoms with van der Waals surface area (Å²) in [5.74, 6) is -1.91. The van der Waals surface area contributed by atoms with Crippen molar-refractivity contribution < 1.29 is 23.1 Å². The Bertz CT molecular complexity index is 1040. The van der Waals surface area contributed by atoms with Crippen molar-refractivity contribution in [2.45, 2.75) is 19.4 Å². The van der Waals surface area contributed by atoms with Crippen molar-refractivity contribution in [1.29, 1.82) is 0 Å². The zero-order valence-electron chi connectivity index (χ0n) is 18.3. The Hall–Kier alpha value is -3.36. The van der Waals surface area contributed by atoms with Crippen molar-refractivity contribution >= 4 is 28.9 Å². The molecule has 7 nitrogen and oxygen atoms in total. The monoisotopic (exact) mass is 444 g/mol. The third-order valence-electron chi connectivity index (χ3n) is 6.11. The summed E-state index contributed by atoms with van der Waals surface area (Å²) in [5, 5.41) is 3.14. The van der Waals surface area contributed by atoms with Gasteiger partial charge in [-0.2, -0.15) is 0 Å². The van der Waals surface area contributed by atoms with Crippen LogP contribution in [0.3, 0.4) is 0 Å². The summed E-state index contributed by atoms with van der Waals surface area (Å²) in [5.41, 5.74) is 3.03. The van der Waals surface area contributed by atoms with E-state index in [0.717, 1.165) is 16.9 Å². The first kappa shape index (κ1) is 21.9. The van der Waals surface area contributed by atoms with Gasteiger partial charge in [0.15, 0.2) is 17.4 Å². The Morgan fingerprint density at radius 2 is 1.91 bits per heavy atom. The van der Waals surface area contributed by atoms with E-state index in [1.54, 1.807) is 16.8 Å². The molecule has 1 fully saturated rings. The number of benzene rings is 2. The number of hydrogen-bond acceptors (Lipinski definition) is 5. The summed E-state index contributed by atoms with van der Waals surface area (Å²) >= 11 is 0. The molecule has 1 saturated heterocycles. The van der Waals surface area contributed by atoms with E-state index in [1.165, 1.54) is 19.2 Å². The Morgan fingerprint density at radius 3 is 2.56 bits per heavy atom. The predicted molar refractivity (Wildman–Crippen MR) is 118 cm³/mol. The van der Waals surface area contributed by atoms with Gasteiger partial charge in [0.2, 0.25) is 11.8 Å². The van der Waals surface area contributed by atoms with E-state index in [1.807, 2.05) is 30.0 Å². The Labute approximate surface area is 185 Å². The highest BCUT2D eigenvalue weighted by molar-refractivity contribution is 6.01. The largest absolute Gasteiger partial charge is 0.491 e. The summed E-state index contributed by atoms with van der Waals surface area (Å²) in [6.45, 7) is 3.40. The molecule has 2 amide bonds. The number of amides is 2. The molecule has 2 aromatic carbocycles. The second-order valence-corrected chi connectivity index (χ2v) is 8.15. The molecule has 0 aromatic heterocycles. The average Bonchev–Trinajstić information content (AvgIpc) is 3.05. The Balaban J connectivity index is 1.36. The van der Waals surface area contributed by atoms with Gasteiger partial charge >= 0.3 is 0 Å². The number of carbonyl (C=O) groups is 2. The average molecular weight is 444 g/mol. The molecule has 2 aliphatic rings. The fourth-order valence-electron chi connectivity index (χ4n) is 4.32. The fourth-order valence-corrected chi connectivity index (χ4v) is 4.32. The highest BCUT2D eigenvalue weighted by atomic mass is 19.1. The highest BCUT2D eigenvalue weighted by Crippen LogP contribution is 2.31. The third kappa shape index (κ3) is 4.06. The number of methoxy groups -OCH3 is 1. The van der Waals surface area contributed by atoms with Gasteiger partial charge in [-0.1, -0.05) is 6.07 Å². The van der Waals surface area contributed by atoms with Crippen LogP contribution < -0.4 is 19.9 Å². The number of fused-ring (bicyclic) bond motifs is 1. The molecule has 0 saturated carbocycles. The van der Waals surface area contributed by atoms with Gasteiger partial charge in [-0.05, 0) is 24.6 Å². The van der Waals surface area contributed by atoms with Gasteiger partial charge in [-0.3, -0.25) is 9.59 Å². The maximum atomic E-state index is 14.1. The van der Waals surface area contributed by atoms with Crippen LogP contribution in [0.15, 0.2) is 30.3 Å². The number of hydrogen-bond donors (Lipinski definition) is 1. The molecule has 170 valence electrons. The third-order valence-corrected chi connectivity index (χ3v) is 6.11. The van der Waals surface area contributed by atoms with Gasteiger partial charge < -0.3 is 24.8 Å². The molecule has 0 radical (unpaired) electrons. The quantitative estimate of drug-likeness (QED) is 0.768. The Kier molecular flexibility index (Phi) is 5.90. The lowest BCUT2D eigenvalue weighted by Crippen LogP contribution is -2.55. The van der Waals surface area contributed by atoms with E-state index in [4.69, 9.17) is 4.74 Å². The Morgan fingerprint density at radius 1 is 1.19 bits per heavy atom. The molecular weight excluding hydrogens is 418 g/mol. The van der Waals surface area contributed by atoms with Crippen LogP contribution in [0.2, 0.25) is 0 Å². The molecule has 0 aliphatic carbocycles. The van der Waals surface area contributed by atoms with E-state index < -0.39 is 17.4 Å². The first-order valence-electron chi connectivity index (χ1n) is 10.5. The van der Waals surface area contributed by atoms with E-state index >= 15 is 0 Å². The van der Waals surface area contributed by atoms with E-state index in [0.29, 0.717) is 31.7 Å². The summed E-state index contributed by atoms with van der Waals surface area (Å²) in [6.07, 6.45) is 0.398. The number of rotatable bonds is 5. The highest BCUT2D eigenvalue weighted by Gasteiger charge is 2.29. The van der Waals surface area contributed by atoms with Crippen LogP contribution in [-0.2, 0) is 16.0 Å². The lowest BCUT2D eigenvalue weighted by atomic mass is 10.1. The van der Waals surface area contributed by atoms with Gasteiger partial charge in [0.1, 0.15) is 0 Å². The predicted octanol–water partition coefficient (Wildman–Crippen LogP) is 2.64. The van der Waals surface area contributed by atoms with Gasteiger partial charge in [-0.15, -0.1) is 0 Å². The summed E-state index contributed by atoms with van der Waals surface area (Å²) in [6, 6.07) is 8.02. The number of ether oxygens (including phenoxy) is 1. The number of anilines is 3. The SMILES string of the molecule is COc1c(F)cc(N2CCN(C(=O)CNc3ccc4c(c3)N(C)C(=O)C4)[C@H](C)C2)cc1F. The molecule has 1 atom stereocenters. The number of carbonyl (C=O) groups excluding carboxylic acids is 2. The van der Waals surface area contributed by atoms with Crippen LogP contribution >= 0.6 is 0 Å². The fraction of sp³-hybridized carbons (Fsp3) is 0.391. The number of halogens is 2. The van der Waals surface area contributed by atoms with Crippen LogP contribution in [0.4, 0.5) is 25.8 Å². The summed E-state index contributed by atoms with van der Waals surface area (Å²) < 4.78 is 32.9. The first-order chi connectivity index (χ1) is 15.3. The van der Waals surface area contributed by atoms with E-state index in [-0.39, 0.29) is 24.4 Å². The molecule has 2 aromatic rings. The smallest absolute Gasteiger partial charge is 0.242 e. The van der Waals surface area contributed by atoms with Crippen LogP contribution in [-0.4, -0.2) is 63.1 Å². The molecule has 4 rings (SSSR count). The van der Waals surface area contributed by atoms with Crippen molar-refractivity contribution in [3.63, 3.8) is 0 Å². The van der Waals surface area contributed by atoms with Crippen molar-refractivity contribution in [2.24, 2.45) is 0 Å². The molecule has 2 aliphatic heterocycles. The van der Waals surface area contributed by atoms with Gasteiger partial charge in [0, 0.05) is 61.9 Å². The zero-order chi connectivity index (χ0) is 23.0. The van der Waals surface area contributed by atoms with Gasteiger partial charge in [0.05, 0.1) is 20.1 Å². The number of nitrogens with one attached hydrogen (secondary N) is 1. The second kappa shape index (κ2) is 8.64. The van der Waals surface area contributed by atoms with Crippen molar-refractivity contribution in [2.75, 3.05) is 55.5 Å². The molecule has 0 bridgehead atoms. The molecule has 9 heteroatoms. The van der Waals surface area contributed by atoms with Crippen LogP contribution in [0.25, 0.3) is 0 Å². The lowest BCUT2D eigenvalue weighted by Gasteiger charge is -2.41. The number of nitrogens with zero attached hydrogens (tertiary/aromatic N) is 3. The standard InChI is InChI=1S/C23H26F2N4O3/c1-14-13-28(17-10-18(24)23(32-3)19(25)11-17)6-7-29(14)22(31)12-26-16-5-4-15-8-21(30)27(2)20(15)9-16/h4-5,9-11,14,26H,6-8,12-13H2,1-3H3/t14-/m1/s1. The van der Waals surface area contributed by atoms with Crippen molar-refractivity contribution in [1.82, 2.24) is 4.90 Å². The minimum Gasteiger partial charge on any atom is -0.491 e. The zero-order valence-corrected chi connectivity index (χ0v) is 18.3. The van der Waals surface area contributed by atoms with Crippen LogP contribution in [0.5, 0.6) is 5.75 Å². The van der Waals surface area contributed by atoms with Gasteiger partial charge in [-0.25, -0.2) is 8.78 Å². The topological polar surface area (TPSA) is 65.1 Å². The summed E-state index contributed by atoms with van der Waals surface area (Å²) in [4.78, 5) is 29.9.